The van der Waals surface area contributed by atoms with Gasteiger partial charge in [-0.25, -0.2) is 19.7 Å². The summed E-state index contributed by atoms with van der Waals surface area (Å²) in [6.07, 6.45) is 13.3. The van der Waals surface area contributed by atoms with Gasteiger partial charge in [0.25, 0.3) is 0 Å². The number of hydrogen-bond acceptors (Lipinski definition) is 7. The van der Waals surface area contributed by atoms with Crippen LogP contribution in [0.2, 0.25) is 0 Å². The lowest BCUT2D eigenvalue weighted by molar-refractivity contribution is -0.134. The van der Waals surface area contributed by atoms with Crippen molar-refractivity contribution in [1.29, 1.82) is 0 Å². The molecule has 186 valence electrons. The Balaban J connectivity index is 1.59. The summed E-state index contributed by atoms with van der Waals surface area (Å²) in [6.45, 7) is 0.251. The SMILES string of the molecule is COC(=O)/C=C/c1cccc(N(Cc2ncc(-c3ccc(OC)nc3)cn2)C(=O)C2CCCCC2)c1. The minimum atomic E-state index is -0.434. The second-order valence-corrected chi connectivity index (χ2v) is 8.69. The molecule has 0 atom stereocenters. The molecule has 8 heteroatoms. The molecule has 1 aliphatic carbocycles. The van der Waals surface area contributed by atoms with Crippen LogP contribution in [0.4, 0.5) is 5.69 Å². The molecule has 0 aliphatic heterocycles. The summed E-state index contributed by atoms with van der Waals surface area (Å²) in [5.41, 5.74) is 3.24. The van der Waals surface area contributed by atoms with E-state index in [1.54, 1.807) is 42.7 Å². The summed E-state index contributed by atoms with van der Waals surface area (Å²) in [4.78, 5) is 40.2. The standard InChI is InChI=1S/C28H30N4O4/c1-35-26-13-12-22(16-31-26)23-17-29-25(30-18-23)19-32(28(34)21-8-4-3-5-9-21)24-10-6-7-20(15-24)11-14-27(33)36-2/h6-7,10-18,21H,3-5,8-9,19H2,1-2H3/b14-11+. The maximum Gasteiger partial charge on any atom is 0.330 e. The van der Waals surface area contributed by atoms with Gasteiger partial charge in [-0.15, -0.1) is 0 Å². The van der Waals surface area contributed by atoms with Crippen LogP contribution in [-0.2, 0) is 20.9 Å². The van der Waals surface area contributed by atoms with E-state index in [1.165, 1.54) is 19.6 Å². The highest BCUT2D eigenvalue weighted by molar-refractivity contribution is 5.95. The zero-order valence-corrected chi connectivity index (χ0v) is 20.6. The van der Waals surface area contributed by atoms with E-state index in [0.29, 0.717) is 11.7 Å². The monoisotopic (exact) mass is 486 g/mol. The van der Waals surface area contributed by atoms with Crippen LogP contribution in [0.3, 0.4) is 0 Å². The van der Waals surface area contributed by atoms with Crippen molar-refractivity contribution in [3.8, 4) is 17.0 Å². The van der Waals surface area contributed by atoms with Gasteiger partial charge < -0.3 is 14.4 Å². The molecule has 0 bridgehead atoms. The highest BCUT2D eigenvalue weighted by Gasteiger charge is 2.27. The smallest absolute Gasteiger partial charge is 0.330 e. The van der Waals surface area contributed by atoms with Gasteiger partial charge in [0.05, 0.1) is 20.8 Å². The predicted octanol–water partition coefficient (Wildman–Crippen LogP) is 4.85. The van der Waals surface area contributed by atoms with Gasteiger partial charge in [0.1, 0.15) is 5.82 Å². The maximum atomic E-state index is 13.6. The molecular formula is C28H30N4O4. The van der Waals surface area contributed by atoms with E-state index in [0.717, 1.165) is 48.1 Å². The van der Waals surface area contributed by atoms with Crippen LogP contribution < -0.4 is 9.64 Å². The molecule has 1 saturated carbocycles. The number of aromatic nitrogens is 3. The van der Waals surface area contributed by atoms with Crippen molar-refractivity contribution < 1.29 is 19.1 Å². The molecule has 0 spiro atoms. The van der Waals surface area contributed by atoms with Crippen molar-refractivity contribution in [3.63, 3.8) is 0 Å². The minimum absolute atomic E-state index is 0.0161. The number of carbonyl (C=O) groups is 2. The largest absolute Gasteiger partial charge is 0.481 e. The molecule has 4 rings (SSSR count). The Kier molecular flexibility index (Phi) is 8.39. The normalized spacial score (nSPS) is 13.9. The number of esters is 1. The summed E-state index contributed by atoms with van der Waals surface area (Å²) in [7, 11) is 2.91. The number of rotatable bonds is 8. The lowest BCUT2D eigenvalue weighted by Crippen LogP contribution is -2.37. The number of benzene rings is 1. The average Bonchev–Trinajstić information content (AvgIpc) is 2.95. The first-order valence-corrected chi connectivity index (χ1v) is 12.1. The average molecular weight is 487 g/mol. The Morgan fingerprint density at radius 3 is 2.39 bits per heavy atom. The second-order valence-electron chi connectivity index (χ2n) is 8.69. The van der Waals surface area contributed by atoms with E-state index in [9.17, 15) is 9.59 Å². The van der Waals surface area contributed by atoms with E-state index in [2.05, 4.69) is 19.7 Å². The molecule has 36 heavy (non-hydrogen) atoms. The van der Waals surface area contributed by atoms with Crippen LogP contribution >= 0.6 is 0 Å². The zero-order valence-electron chi connectivity index (χ0n) is 20.6. The van der Waals surface area contributed by atoms with Crippen LogP contribution in [0.1, 0.15) is 43.5 Å². The third kappa shape index (κ3) is 6.33. The number of pyridine rings is 1. The van der Waals surface area contributed by atoms with Crippen molar-refractivity contribution in [3.05, 3.63) is 72.5 Å². The first-order valence-electron chi connectivity index (χ1n) is 12.1. The summed E-state index contributed by atoms with van der Waals surface area (Å²) in [5, 5.41) is 0. The van der Waals surface area contributed by atoms with Crippen LogP contribution in [0.5, 0.6) is 5.88 Å². The van der Waals surface area contributed by atoms with Gasteiger partial charge in [-0.2, -0.15) is 0 Å². The predicted molar refractivity (Wildman–Crippen MR) is 137 cm³/mol. The highest BCUT2D eigenvalue weighted by Crippen LogP contribution is 2.29. The van der Waals surface area contributed by atoms with Crippen LogP contribution in [-0.4, -0.2) is 41.0 Å². The Morgan fingerprint density at radius 2 is 1.72 bits per heavy atom. The van der Waals surface area contributed by atoms with Gasteiger partial charge in [-0.1, -0.05) is 31.4 Å². The number of methoxy groups -OCH3 is 2. The Labute approximate surface area is 211 Å². The molecule has 3 aromatic rings. The van der Waals surface area contributed by atoms with E-state index in [-0.39, 0.29) is 18.4 Å². The highest BCUT2D eigenvalue weighted by atomic mass is 16.5. The molecule has 0 N–H and O–H groups in total. The fraction of sp³-hybridized carbons (Fsp3) is 0.321. The number of carbonyl (C=O) groups excluding carboxylic acids is 2. The van der Waals surface area contributed by atoms with E-state index < -0.39 is 5.97 Å². The second kappa shape index (κ2) is 12.1. The molecule has 1 aliphatic rings. The maximum absolute atomic E-state index is 13.6. The molecule has 8 nitrogen and oxygen atoms in total. The summed E-state index contributed by atoms with van der Waals surface area (Å²) < 4.78 is 9.80. The van der Waals surface area contributed by atoms with Crippen LogP contribution in [0.15, 0.2) is 61.1 Å². The molecule has 1 fully saturated rings. The van der Waals surface area contributed by atoms with Gasteiger partial charge in [0.2, 0.25) is 11.8 Å². The Morgan fingerprint density at radius 1 is 0.972 bits per heavy atom. The molecule has 0 saturated heterocycles. The molecule has 2 heterocycles. The summed E-state index contributed by atoms with van der Waals surface area (Å²) in [6, 6.07) is 11.2. The number of amides is 1. The summed E-state index contributed by atoms with van der Waals surface area (Å²) >= 11 is 0. The summed E-state index contributed by atoms with van der Waals surface area (Å²) in [5.74, 6) is 0.710. The third-order valence-electron chi connectivity index (χ3n) is 6.30. The van der Waals surface area contributed by atoms with Gasteiger partial charge in [-0.3, -0.25) is 4.79 Å². The third-order valence-corrected chi connectivity index (χ3v) is 6.30. The Bertz CT molecular complexity index is 1200. The van der Waals surface area contributed by atoms with Crippen molar-refractivity contribution in [1.82, 2.24) is 15.0 Å². The van der Waals surface area contributed by atoms with Crippen molar-refractivity contribution in [2.45, 2.75) is 38.6 Å². The molecule has 1 amide bonds. The van der Waals surface area contributed by atoms with Crippen molar-refractivity contribution in [2.75, 3.05) is 19.1 Å². The fourth-order valence-electron chi connectivity index (χ4n) is 4.29. The van der Waals surface area contributed by atoms with Crippen LogP contribution in [0, 0.1) is 5.92 Å². The zero-order chi connectivity index (χ0) is 25.3. The quantitative estimate of drug-likeness (QED) is 0.332. The number of anilines is 1. The first kappa shape index (κ1) is 25.0. The van der Waals surface area contributed by atoms with Crippen molar-refractivity contribution in [2.24, 2.45) is 5.92 Å². The van der Waals surface area contributed by atoms with Crippen molar-refractivity contribution >= 4 is 23.6 Å². The molecule has 2 aromatic heterocycles. The van der Waals surface area contributed by atoms with Gasteiger partial charge in [-0.05, 0) is 42.7 Å². The van der Waals surface area contributed by atoms with Gasteiger partial charge >= 0.3 is 5.97 Å². The first-order chi connectivity index (χ1) is 17.6. The Hall–Kier alpha value is -4.07. The van der Waals surface area contributed by atoms with Crippen LogP contribution in [0.25, 0.3) is 17.2 Å². The number of ether oxygens (including phenoxy) is 2. The molecule has 0 unspecified atom stereocenters. The van der Waals surface area contributed by atoms with E-state index >= 15 is 0 Å². The minimum Gasteiger partial charge on any atom is -0.481 e. The molecule has 1 aromatic carbocycles. The number of hydrogen-bond donors (Lipinski definition) is 0. The fourth-order valence-corrected chi connectivity index (χ4v) is 4.29. The van der Waals surface area contributed by atoms with E-state index in [1.807, 2.05) is 30.3 Å². The van der Waals surface area contributed by atoms with E-state index in [4.69, 9.17) is 4.74 Å². The number of nitrogens with zero attached hydrogens (tertiary/aromatic N) is 4. The molecule has 0 radical (unpaired) electrons. The lowest BCUT2D eigenvalue weighted by Gasteiger charge is -2.29. The lowest BCUT2D eigenvalue weighted by atomic mass is 9.88. The molecular weight excluding hydrogens is 456 g/mol. The topological polar surface area (TPSA) is 94.5 Å². The van der Waals surface area contributed by atoms with Gasteiger partial charge in [0, 0.05) is 53.5 Å². The van der Waals surface area contributed by atoms with Gasteiger partial charge in [0.15, 0.2) is 0 Å².